The Balaban J connectivity index is 3.35. The first-order valence-corrected chi connectivity index (χ1v) is 3.79. The van der Waals surface area contributed by atoms with E-state index < -0.39 is 18.3 Å². The third kappa shape index (κ3) is 1.84. The van der Waals surface area contributed by atoms with Crippen LogP contribution in [0.2, 0.25) is 0 Å². The van der Waals surface area contributed by atoms with Crippen molar-refractivity contribution >= 4 is 12.4 Å². The third-order valence-corrected chi connectivity index (χ3v) is 2.12. The van der Waals surface area contributed by atoms with Crippen molar-refractivity contribution in [2.45, 2.75) is 13.8 Å². The Morgan fingerprint density at radius 1 is 1.00 bits per heavy atom. The van der Waals surface area contributed by atoms with Crippen molar-refractivity contribution in [3.63, 3.8) is 0 Å². The summed E-state index contributed by atoms with van der Waals surface area (Å²) in [6.45, 7) is -2.41. The fourth-order valence-corrected chi connectivity index (χ4v) is 1.16. The lowest BCUT2D eigenvalue weighted by Gasteiger charge is -2.19. The van der Waals surface area contributed by atoms with Gasteiger partial charge in [-0.1, -0.05) is 11.6 Å². The van der Waals surface area contributed by atoms with Gasteiger partial charge in [0.2, 0.25) is 0 Å². The van der Waals surface area contributed by atoms with Crippen LogP contribution in [0, 0.1) is 19.7 Å². The first-order chi connectivity index (χ1) is 5.84. The fourth-order valence-electron chi connectivity index (χ4n) is 1.16. The summed E-state index contributed by atoms with van der Waals surface area (Å²) in [5.74, 6) is -0.596. The lowest BCUT2D eigenvalue weighted by Crippen LogP contribution is -2.36. The summed E-state index contributed by atoms with van der Waals surface area (Å²) in [5, 5.41) is 0. The maximum atomic E-state index is 12.8. The highest BCUT2D eigenvalue weighted by atomic mass is 19.4. The van der Waals surface area contributed by atoms with Gasteiger partial charge in [0.1, 0.15) is 5.82 Å². The molecular formula is C8H8BF4-. The van der Waals surface area contributed by atoms with Gasteiger partial charge >= 0.3 is 6.98 Å². The summed E-state index contributed by atoms with van der Waals surface area (Å²) in [7, 11) is 0. The van der Waals surface area contributed by atoms with Crippen LogP contribution in [0.5, 0.6) is 0 Å². The van der Waals surface area contributed by atoms with Crippen LogP contribution in [0.15, 0.2) is 12.1 Å². The Labute approximate surface area is 73.6 Å². The molecule has 0 saturated heterocycles. The highest BCUT2D eigenvalue weighted by Gasteiger charge is 2.28. The van der Waals surface area contributed by atoms with E-state index in [1.165, 1.54) is 13.8 Å². The van der Waals surface area contributed by atoms with Gasteiger partial charge in [-0.15, -0.1) is 5.46 Å². The van der Waals surface area contributed by atoms with E-state index in [0.717, 1.165) is 12.1 Å². The first-order valence-electron chi connectivity index (χ1n) is 3.79. The number of rotatable bonds is 1. The van der Waals surface area contributed by atoms with Gasteiger partial charge in [0.15, 0.2) is 0 Å². The van der Waals surface area contributed by atoms with E-state index in [9.17, 15) is 17.3 Å². The number of hydrogen-bond acceptors (Lipinski definition) is 0. The Bertz CT molecular complexity index is 330. The van der Waals surface area contributed by atoms with Gasteiger partial charge < -0.3 is 12.9 Å². The zero-order valence-electron chi connectivity index (χ0n) is 7.24. The molecule has 0 fully saturated rings. The third-order valence-electron chi connectivity index (χ3n) is 2.12. The van der Waals surface area contributed by atoms with E-state index in [1.54, 1.807) is 0 Å². The van der Waals surface area contributed by atoms with Gasteiger partial charge in [0.25, 0.3) is 0 Å². The minimum Gasteiger partial charge on any atom is -0.445 e. The van der Waals surface area contributed by atoms with Crippen LogP contribution >= 0.6 is 0 Å². The van der Waals surface area contributed by atoms with E-state index >= 15 is 0 Å². The molecular weight excluding hydrogens is 183 g/mol. The van der Waals surface area contributed by atoms with E-state index in [2.05, 4.69) is 0 Å². The highest BCUT2D eigenvalue weighted by Crippen LogP contribution is 2.16. The van der Waals surface area contributed by atoms with E-state index in [0.29, 0.717) is 0 Å². The minimum atomic E-state index is -5.03. The molecule has 0 radical (unpaired) electrons. The molecule has 72 valence electrons. The number of benzene rings is 1. The van der Waals surface area contributed by atoms with Gasteiger partial charge in [-0.3, -0.25) is 0 Å². The summed E-state index contributed by atoms with van der Waals surface area (Å²) in [6, 6.07) is 1.64. The smallest absolute Gasteiger partial charge is 0.445 e. The predicted molar refractivity (Wildman–Crippen MR) is 44.6 cm³/mol. The largest absolute Gasteiger partial charge is 0.509 e. The molecule has 0 aromatic heterocycles. The molecule has 0 aliphatic carbocycles. The molecule has 0 heterocycles. The van der Waals surface area contributed by atoms with Gasteiger partial charge in [-0.25, -0.2) is 4.39 Å². The summed E-state index contributed by atoms with van der Waals surface area (Å²) in [4.78, 5) is 0. The summed E-state index contributed by atoms with van der Waals surface area (Å²) >= 11 is 0. The van der Waals surface area contributed by atoms with E-state index in [4.69, 9.17) is 0 Å². The standard InChI is InChI=1S/C8H8BF4/c1-5-6(2)8(10)4-3-7(5)9(11,12)13/h3-4H,1-2H3/q-1. The second kappa shape index (κ2) is 3.05. The SMILES string of the molecule is Cc1c(F)ccc([B-](F)(F)F)c1C. The fraction of sp³-hybridized carbons (Fsp3) is 0.250. The minimum absolute atomic E-state index is 0.0208. The van der Waals surface area contributed by atoms with Crippen molar-refractivity contribution < 1.29 is 17.3 Å². The second-order valence-electron chi connectivity index (χ2n) is 2.96. The Morgan fingerprint density at radius 3 is 2.00 bits per heavy atom. The van der Waals surface area contributed by atoms with Gasteiger partial charge in [-0.2, -0.15) is 0 Å². The monoisotopic (exact) mass is 191 g/mol. The van der Waals surface area contributed by atoms with Crippen LogP contribution in [0.1, 0.15) is 11.1 Å². The van der Waals surface area contributed by atoms with Gasteiger partial charge in [0.05, 0.1) is 0 Å². The molecule has 0 saturated carbocycles. The highest BCUT2D eigenvalue weighted by molar-refractivity contribution is 6.74. The Hall–Kier alpha value is -0.995. The zero-order valence-corrected chi connectivity index (χ0v) is 7.24. The van der Waals surface area contributed by atoms with Crippen LogP contribution in [0.4, 0.5) is 17.3 Å². The summed E-state index contributed by atoms with van der Waals surface area (Å²) < 4.78 is 49.7. The molecule has 0 aliphatic heterocycles. The predicted octanol–water partition coefficient (Wildman–Crippen LogP) is 2.50. The molecule has 0 unspecified atom stereocenters. The molecule has 1 aromatic rings. The molecule has 0 atom stereocenters. The van der Waals surface area contributed by atoms with Crippen LogP contribution < -0.4 is 5.46 Å². The molecule has 0 aliphatic rings. The van der Waals surface area contributed by atoms with Crippen molar-refractivity contribution in [1.29, 1.82) is 0 Å². The second-order valence-corrected chi connectivity index (χ2v) is 2.96. The number of hydrogen-bond donors (Lipinski definition) is 0. The Morgan fingerprint density at radius 2 is 1.54 bits per heavy atom. The van der Waals surface area contributed by atoms with Crippen LogP contribution in [0.3, 0.4) is 0 Å². The molecule has 5 heteroatoms. The maximum absolute atomic E-state index is 12.8. The van der Waals surface area contributed by atoms with E-state index in [1.807, 2.05) is 0 Å². The number of halogens is 4. The average molecular weight is 191 g/mol. The normalized spacial score (nSPS) is 11.8. The molecule has 0 nitrogen and oxygen atoms in total. The lowest BCUT2D eigenvalue weighted by molar-refractivity contribution is 0.500. The molecule has 1 rings (SSSR count). The van der Waals surface area contributed by atoms with Crippen LogP contribution in [-0.4, -0.2) is 6.98 Å². The van der Waals surface area contributed by atoms with Crippen molar-refractivity contribution in [2.24, 2.45) is 0 Å². The zero-order chi connectivity index (χ0) is 10.2. The molecule has 13 heavy (non-hydrogen) atoms. The van der Waals surface area contributed by atoms with Crippen molar-refractivity contribution in [1.82, 2.24) is 0 Å². The van der Waals surface area contributed by atoms with Gasteiger partial charge in [0, 0.05) is 0 Å². The van der Waals surface area contributed by atoms with Crippen molar-refractivity contribution in [2.75, 3.05) is 0 Å². The van der Waals surface area contributed by atoms with Crippen LogP contribution in [-0.2, 0) is 0 Å². The van der Waals surface area contributed by atoms with Crippen LogP contribution in [0.25, 0.3) is 0 Å². The molecule has 0 N–H and O–H groups in total. The summed E-state index contributed by atoms with van der Waals surface area (Å²) in [6.07, 6.45) is 0. The Kier molecular flexibility index (Phi) is 2.37. The van der Waals surface area contributed by atoms with E-state index in [-0.39, 0.29) is 11.1 Å². The maximum Gasteiger partial charge on any atom is 0.509 e. The first kappa shape index (κ1) is 10.1. The van der Waals surface area contributed by atoms with Crippen molar-refractivity contribution in [3.05, 3.63) is 29.1 Å². The van der Waals surface area contributed by atoms with Crippen molar-refractivity contribution in [3.8, 4) is 0 Å². The molecule has 1 aromatic carbocycles. The average Bonchev–Trinajstić information content (AvgIpc) is 1.98. The van der Waals surface area contributed by atoms with Gasteiger partial charge in [-0.05, 0) is 25.5 Å². The summed E-state index contributed by atoms with van der Waals surface area (Å²) in [5.41, 5.74) is -0.664. The topological polar surface area (TPSA) is 0 Å². The lowest BCUT2D eigenvalue weighted by atomic mass is 9.76. The quantitative estimate of drug-likeness (QED) is 0.472. The molecule has 0 spiro atoms. The molecule has 0 bridgehead atoms. The molecule has 0 amide bonds.